The summed E-state index contributed by atoms with van der Waals surface area (Å²) in [6.45, 7) is 7.49. The molecule has 12 heteroatoms. The fourth-order valence-electron chi connectivity index (χ4n) is 9.24. The Labute approximate surface area is 315 Å². The maximum atomic E-state index is 17.2. The summed E-state index contributed by atoms with van der Waals surface area (Å²) >= 11 is 14.7. The van der Waals surface area contributed by atoms with E-state index in [2.05, 4.69) is 45.8 Å². The number of ether oxygens (including phenoxy) is 1. The molecule has 3 saturated heterocycles. The lowest BCUT2D eigenvalue weighted by atomic mass is 9.79. The number of hydrogen-bond acceptors (Lipinski definition) is 7. The van der Waals surface area contributed by atoms with Gasteiger partial charge in [0.15, 0.2) is 5.82 Å². The van der Waals surface area contributed by atoms with Gasteiger partial charge in [0, 0.05) is 76.2 Å². The minimum atomic E-state index is -0.573. The Morgan fingerprint density at radius 1 is 1.21 bits per heavy atom. The number of aryl methyl sites for hydroxylation is 2. The van der Waals surface area contributed by atoms with E-state index in [0.717, 1.165) is 47.4 Å². The molecule has 1 amide bonds. The number of nitrogens with zero attached hydrogens (tertiary/aromatic N) is 5. The highest BCUT2D eigenvalue weighted by atomic mass is 35.5. The molecule has 8 nitrogen and oxygen atoms in total. The van der Waals surface area contributed by atoms with Crippen molar-refractivity contribution in [3.63, 3.8) is 0 Å². The molecule has 2 bridgehead atoms. The number of likely N-dealkylation sites (tertiary alicyclic amines) is 1. The second kappa shape index (κ2) is 12.8. The van der Waals surface area contributed by atoms with Gasteiger partial charge in [-0.25, -0.2) is 14.4 Å². The van der Waals surface area contributed by atoms with E-state index >= 15 is 4.39 Å². The van der Waals surface area contributed by atoms with Crippen LogP contribution in [0.25, 0.3) is 32.9 Å². The monoisotopic (exact) mass is 756 g/mol. The Balaban J connectivity index is 1.27. The second-order valence-electron chi connectivity index (χ2n) is 15.4. The zero-order valence-electron chi connectivity index (χ0n) is 29.3. The third-order valence-corrected chi connectivity index (χ3v) is 13.6. The van der Waals surface area contributed by atoms with Crippen molar-refractivity contribution in [1.29, 1.82) is 5.26 Å². The van der Waals surface area contributed by atoms with Crippen LogP contribution in [0.2, 0.25) is 10.0 Å². The maximum absolute atomic E-state index is 17.2. The van der Waals surface area contributed by atoms with Crippen LogP contribution >= 0.6 is 34.5 Å². The molecule has 0 spiro atoms. The minimum Gasteiger partial charge on any atom is -0.369 e. The molecule has 2 aliphatic carbocycles. The molecule has 5 atom stereocenters. The van der Waals surface area contributed by atoms with E-state index in [0.29, 0.717) is 58.2 Å². The van der Waals surface area contributed by atoms with Crippen molar-refractivity contribution in [3.05, 3.63) is 79.7 Å². The summed E-state index contributed by atoms with van der Waals surface area (Å²) in [5, 5.41) is 18.4. The SMILES string of the molecule is Cc1nc2c(F)c(-c3cccc(Cl)c3Cl)c(CCC#N)cc2c2c1cc(C1CC(OCc3nccs3)C(C)(C)N1C(=O)C1CC1)n2C1C2CNC1C2. The molecule has 268 valence electrons. The van der Waals surface area contributed by atoms with Crippen molar-refractivity contribution in [3.8, 4) is 17.2 Å². The number of nitriles is 1. The number of hydrogen-bond donors (Lipinski definition) is 1. The van der Waals surface area contributed by atoms with Gasteiger partial charge in [0.25, 0.3) is 0 Å². The molecule has 3 aromatic heterocycles. The average Bonchev–Trinajstić information content (AvgIpc) is 3.54. The van der Waals surface area contributed by atoms with Crippen LogP contribution in [0, 0.1) is 35.9 Å². The average molecular weight is 758 g/mol. The molecule has 5 fully saturated rings. The summed E-state index contributed by atoms with van der Waals surface area (Å²) in [5.41, 5.74) is 3.83. The number of carbonyl (C=O) groups is 1. The molecular weight excluding hydrogens is 718 g/mol. The number of halogens is 3. The Bertz CT molecular complexity index is 2280. The molecule has 2 aromatic carbocycles. The number of carbonyl (C=O) groups excluding carboxylic acids is 1. The van der Waals surface area contributed by atoms with Crippen molar-refractivity contribution in [2.75, 3.05) is 6.54 Å². The molecule has 1 N–H and O–H groups in total. The lowest BCUT2D eigenvalue weighted by molar-refractivity contribution is -0.141. The Morgan fingerprint density at radius 2 is 2.04 bits per heavy atom. The fourth-order valence-corrected chi connectivity index (χ4v) is 10.2. The maximum Gasteiger partial charge on any atom is 0.226 e. The van der Waals surface area contributed by atoms with Gasteiger partial charge in [-0.05, 0) is 76.1 Å². The molecule has 52 heavy (non-hydrogen) atoms. The third-order valence-electron chi connectivity index (χ3n) is 12.0. The molecule has 0 radical (unpaired) electrons. The first kappa shape index (κ1) is 34.2. The molecule has 10 rings (SSSR count). The minimum absolute atomic E-state index is 0.0247. The van der Waals surface area contributed by atoms with E-state index in [1.165, 1.54) is 0 Å². The van der Waals surface area contributed by atoms with Gasteiger partial charge in [-0.2, -0.15) is 5.26 Å². The first-order valence-corrected chi connectivity index (χ1v) is 19.8. The van der Waals surface area contributed by atoms with Crippen LogP contribution in [0.15, 0.2) is 41.9 Å². The highest BCUT2D eigenvalue weighted by Crippen LogP contribution is 2.53. The van der Waals surface area contributed by atoms with Crippen molar-refractivity contribution < 1.29 is 13.9 Å². The fraction of sp³-hybridized carbons (Fsp3) is 0.450. The first-order chi connectivity index (χ1) is 25.1. The second-order valence-corrected chi connectivity index (χ2v) is 17.2. The highest BCUT2D eigenvalue weighted by Gasteiger charge is 2.56. The summed E-state index contributed by atoms with van der Waals surface area (Å²) in [5.74, 6) is 0.132. The van der Waals surface area contributed by atoms with E-state index < -0.39 is 11.4 Å². The van der Waals surface area contributed by atoms with Crippen molar-refractivity contribution in [2.24, 2.45) is 11.8 Å². The van der Waals surface area contributed by atoms with Crippen LogP contribution in [-0.2, 0) is 22.6 Å². The molecule has 3 aliphatic heterocycles. The van der Waals surface area contributed by atoms with Crippen LogP contribution in [0.1, 0.15) is 80.0 Å². The number of rotatable bonds is 9. The van der Waals surface area contributed by atoms with Crippen molar-refractivity contribution in [2.45, 2.75) is 95.7 Å². The first-order valence-electron chi connectivity index (χ1n) is 18.1. The predicted molar refractivity (Wildman–Crippen MR) is 202 cm³/mol. The van der Waals surface area contributed by atoms with Gasteiger partial charge in [-0.3, -0.25) is 4.79 Å². The highest BCUT2D eigenvalue weighted by molar-refractivity contribution is 7.09. The van der Waals surface area contributed by atoms with Gasteiger partial charge in [0.1, 0.15) is 10.5 Å². The van der Waals surface area contributed by atoms with Crippen molar-refractivity contribution >= 4 is 62.3 Å². The number of amides is 1. The molecule has 5 aromatic rings. The van der Waals surface area contributed by atoms with Crippen LogP contribution < -0.4 is 5.32 Å². The number of thiazole rings is 1. The zero-order valence-corrected chi connectivity index (χ0v) is 31.6. The third kappa shape index (κ3) is 5.30. The summed E-state index contributed by atoms with van der Waals surface area (Å²) in [7, 11) is 0. The number of nitrogens with one attached hydrogen (secondary N) is 1. The number of aromatic nitrogens is 3. The van der Waals surface area contributed by atoms with Crippen LogP contribution in [0.3, 0.4) is 0 Å². The Hall–Kier alpha value is -3.59. The van der Waals surface area contributed by atoms with Gasteiger partial charge in [-0.1, -0.05) is 35.3 Å². The van der Waals surface area contributed by atoms with Crippen molar-refractivity contribution in [1.82, 2.24) is 24.8 Å². The number of pyridine rings is 1. The standard InChI is InChI=1S/C40H39Cl2FN6O2S/c1-20-25-16-29(30-17-31(51-19-32-45-12-13-52-32)40(2,3)49(30)39(50)21-9-10-21)48(37-23-15-28(37)46-18-23)38(25)26-14-22(6-5-11-44)33(35(43)36(26)47-20)24-7-4-8-27(41)34(24)42/h4,7-8,12-14,16,21,23,28,30-31,37,46H,5-6,9-10,15,17-19H2,1-3H3. The van der Waals surface area contributed by atoms with Crippen LogP contribution in [0.4, 0.5) is 4.39 Å². The van der Waals surface area contributed by atoms with Crippen LogP contribution in [0.5, 0.6) is 0 Å². The molecule has 6 heterocycles. The summed E-state index contributed by atoms with van der Waals surface area (Å²) in [4.78, 5) is 25.8. The summed E-state index contributed by atoms with van der Waals surface area (Å²) in [6.07, 6.45) is 5.62. The smallest absolute Gasteiger partial charge is 0.226 e. The quantitative estimate of drug-likeness (QED) is 0.161. The topological polar surface area (TPSA) is 96.1 Å². The molecule has 2 saturated carbocycles. The Kier molecular flexibility index (Phi) is 8.40. The van der Waals surface area contributed by atoms with Gasteiger partial charge in [-0.15, -0.1) is 11.3 Å². The van der Waals surface area contributed by atoms with Crippen LogP contribution in [-0.4, -0.2) is 49.6 Å². The zero-order chi connectivity index (χ0) is 36.1. The van der Waals surface area contributed by atoms with Gasteiger partial charge in [0.2, 0.25) is 5.91 Å². The summed E-state index contributed by atoms with van der Waals surface area (Å²) in [6, 6.07) is 11.8. The largest absolute Gasteiger partial charge is 0.369 e. The Morgan fingerprint density at radius 3 is 2.73 bits per heavy atom. The van der Waals surface area contributed by atoms with Gasteiger partial charge >= 0.3 is 0 Å². The van der Waals surface area contributed by atoms with E-state index in [1.54, 1.807) is 35.7 Å². The number of benzene rings is 2. The van der Waals surface area contributed by atoms with E-state index in [1.807, 2.05) is 18.4 Å². The van der Waals surface area contributed by atoms with Gasteiger partial charge in [0.05, 0.1) is 52.0 Å². The van der Waals surface area contributed by atoms with E-state index in [4.69, 9.17) is 32.9 Å². The normalized spacial score (nSPS) is 24.9. The lowest BCUT2D eigenvalue weighted by Crippen LogP contribution is -2.50. The number of fused-ring (bicyclic) bond motifs is 4. The summed E-state index contributed by atoms with van der Waals surface area (Å²) < 4.78 is 26.3. The van der Waals surface area contributed by atoms with E-state index in [-0.39, 0.29) is 53.0 Å². The lowest BCUT2D eigenvalue weighted by Gasteiger charge is -2.41. The molecule has 5 unspecified atom stereocenters. The predicted octanol–water partition coefficient (Wildman–Crippen LogP) is 9.10. The molecule has 5 aliphatic rings. The van der Waals surface area contributed by atoms with E-state index in [9.17, 15) is 10.1 Å². The molecular formula is C40H39Cl2FN6O2S. The van der Waals surface area contributed by atoms with Gasteiger partial charge < -0.3 is 19.5 Å².